The van der Waals surface area contributed by atoms with Gasteiger partial charge in [-0.2, -0.15) is 0 Å². The van der Waals surface area contributed by atoms with Gasteiger partial charge in [-0.15, -0.1) is 0 Å². The van der Waals surface area contributed by atoms with Crippen molar-refractivity contribution in [1.29, 1.82) is 0 Å². The van der Waals surface area contributed by atoms with Gasteiger partial charge in [0.1, 0.15) is 0 Å². The molecule has 0 aromatic carbocycles. The number of aliphatic hydroxyl groups is 1. The molecule has 2 N–H and O–H groups in total. The molecule has 1 heterocycles. The second-order valence-electron chi connectivity index (χ2n) is 4.18. The molecule has 1 saturated heterocycles. The predicted octanol–water partition coefficient (Wildman–Crippen LogP) is 0.358. The molecule has 0 radical (unpaired) electrons. The van der Waals surface area contributed by atoms with Crippen LogP contribution in [0.3, 0.4) is 0 Å². The van der Waals surface area contributed by atoms with E-state index in [1.165, 1.54) is 0 Å². The predicted molar refractivity (Wildman–Crippen MR) is 59.6 cm³/mol. The molecular weight excluding hydrogens is 192 g/mol. The van der Waals surface area contributed by atoms with E-state index in [0.717, 1.165) is 25.9 Å². The number of nitrogens with one attached hydrogen (secondary N) is 1. The average Bonchev–Trinajstić information content (AvgIpc) is 2.63. The van der Waals surface area contributed by atoms with E-state index >= 15 is 0 Å². The number of β-amino-alcohol motifs (C(OH)–C–C–N with tert-alkyl or cyclic N) is 1. The van der Waals surface area contributed by atoms with Gasteiger partial charge >= 0.3 is 0 Å². The van der Waals surface area contributed by atoms with Crippen LogP contribution in [0.4, 0.5) is 0 Å². The standard InChI is InChI=1S/C11H22N2O2/c1-3-5-13(6-4-2)11(15)10-7-9(14)8-12-10/h9-10,12,14H,3-8H2,1-2H3/t9-,10-/m1/s1. The molecule has 0 aromatic heterocycles. The summed E-state index contributed by atoms with van der Waals surface area (Å²) >= 11 is 0. The highest BCUT2D eigenvalue weighted by Crippen LogP contribution is 2.10. The van der Waals surface area contributed by atoms with Gasteiger partial charge in [-0.3, -0.25) is 4.79 Å². The first-order valence-electron chi connectivity index (χ1n) is 5.89. The van der Waals surface area contributed by atoms with Crippen molar-refractivity contribution in [2.75, 3.05) is 19.6 Å². The Kier molecular flexibility index (Phi) is 5.05. The lowest BCUT2D eigenvalue weighted by Crippen LogP contribution is -2.44. The van der Waals surface area contributed by atoms with Gasteiger partial charge < -0.3 is 15.3 Å². The Morgan fingerprint density at radius 2 is 2.00 bits per heavy atom. The van der Waals surface area contributed by atoms with Crippen LogP contribution in [-0.2, 0) is 4.79 Å². The highest BCUT2D eigenvalue weighted by molar-refractivity contribution is 5.82. The van der Waals surface area contributed by atoms with Crippen LogP contribution in [0, 0.1) is 0 Å². The summed E-state index contributed by atoms with van der Waals surface area (Å²) in [4.78, 5) is 13.9. The number of hydrogen-bond acceptors (Lipinski definition) is 3. The summed E-state index contributed by atoms with van der Waals surface area (Å²) in [6.07, 6.45) is 2.18. The first kappa shape index (κ1) is 12.5. The molecule has 88 valence electrons. The zero-order chi connectivity index (χ0) is 11.3. The van der Waals surface area contributed by atoms with Gasteiger partial charge in [-0.05, 0) is 19.3 Å². The quantitative estimate of drug-likeness (QED) is 0.694. The lowest BCUT2D eigenvalue weighted by molar-refractivity contribution is -0.133. The van der Waals surface area contributed by atoms with Crippen LogP contribution in [0.2, 0.25) is 0 Å². The van der Waals surface area contributed by atoms with E-state index < -0.39 is 0 Å². The number of carbonyl (C=O) groups is 1. The SMILES string of the molecule is CCCN(CCC)C(=O)[C@H]1C[C@@H](O)CN1. The van der Waals surface area contributed by atoms with E-state index in [1.54, 1.807) is 0 Å². The van der Waals surface area contributed by atoms with Gasteiger partial charge in [-0.25, -0.2) is 0 Å². The Balaban J connectivity index is 2.47. The maximum absolute atomic E-state index is 12.0. The summed E-state index contributed by atoms with van der Waals surface area (Å²) in [5.74, 6) is 0.148. The second-order valence-corrected chi connectivity index (χ2v) is 4.18. The Bertz CT molecular complexity index is 203. The van der Waals surface area contributed by atoms with Crippen molar-refractivity contribution in [2.24, 2.45) is 0 Å². The number of carbonyl (C=O) groups excluding carboxylic acids is 1. The summed E-state index contributed by atoms with van der Waals surface area (Å²) in [6.45, 7) is 6.34. The maximum Gasteiger partial charge on any atom is 0.239 e. The van der Waals surface area contributed by atoms with E-state index in [-0.39, 0.29) is 18.1 Å². The molecule has 4 heteroatoms. The van der Waals surface area contributed by atoms with Crippen molar-refractivity contribution >= 4 is 5.91 Å². The normalized spacial score (nSPS) is 25.5. The molecule has 0 aromatic rings. The fourth-order valence-electron chi connectivity index (χ4n) is 2.00. The lowest BCUT2D eigenvalue weighted by Gasteiger charge is -2.24. The molecule has 0 saturated carbocycles. The van der Waals surface area contributed by atoms with Crippen molar-refractivity contribution in [3.63, 3.8) is 0 Å². The summed E-state index contributed by atoms with van der Waals surface area (Å²) < 4.78 is 0. The first-order chi connectivity index (χ1) is 7.19. The van der Waals surface area contributed by atoms with Crippen LogP contribution in [0.1, 0.15) is 33.1 Å². The number of aliphatic hydroxyl groups excluding tert-OH is 1. The number of amides is 1. The lowest BCUT2D eigenvalue weighted by atomic mass is 10.1. The van der Waals surface area contributed by atoms with Gasteiger partial charge in [0.15, 0.2) is 0 Å². The highest BCUT2D eigenvalue weighted by Gasteiger charge is 2.30. The zero-order valence-corrected chi connectivity index (χ0v) is 9.70. The van der Waals surface area contributed by atoms with Crippen LogP contribution in [0.5, 0.6) is 0 Å². The summed E-state index contributed by atoms with van der Waals surface area (Å²) in [7, 11) is 0. The monoisotopic (exact) mass is 214 g/mol. The van der Waals surface area contributed by atoms with Crippen LogP contribution < -0.4 is 5.32 Å². The molecule has 1 aliphatic rings. The summed E-state index contributed by atoms with van der Waals surface area (Å²) in [5, 5.41) is 12.4. The molecule has 4 nitrogen and oxygen atoms in total. The zero-order valence-electron chi connectivity index (χ0n) is 9.70. The van der Waals surface area contributed by atoms with E-state index in [9.17, 15) is 9.90 Å². The third kappa shape index (κ3) is 3.47. The highest BCUT2D eigenvalue weighted by atomic mass is 16.3. The summed E-state index contributed by atoms with van der Waals surface area (Å²) in [5.41, 5.74) is 0. The third-order valence-corrected chi connectivity index (χ3v) is 2.70. The van der Waals surface area contributed by atoms with Crippen molar-refractivity contribution < 1.29 is 9.90 Å². The smallest absolute Gasteiger partial charge is 0.239 e. The van der Waals surface area contributed by atoms with Gasteiger partial charge in [0.05, 0.1) is 12.1 Å². The van der Waals surface area contributed by atoms with Gasteiger partial charge in [0.25, 0.3) is 0 Å². The molecule has 1 amide bonds. The number of rotatable bonds is 5. The minimum atomic E-state index is -0.357. The number of nitrogens with zero attached hydrogens (tertiary/aromatic N) is 1. The topological polar surface area (TPSA) is 52.6 Å². The van der Waals surface area contributed by atoms with Gasteiger partial charge in [-0.1, -0.05) is 13.8 Å². The first-order valence-corrected chi connectivity index (χ1v) is 5.89. The maximum atomic E-state index is 12.0. The fourth-order valence-corrected chi connectivity index (χ4v) is 2.00. The van der Waals surface area contributed by atoms with Gasteiger partial charge in [0, 0.05) is 19.6 Å². The fraction of sp³-hybridized carbons (Fsp3) is 0.909. The molecule has 1 aliphatic heterocycles. The molecular formula is C11H22N2O2. The molecule has 1 fully saturated rings. The van der Waals surface area contributed by atoms with Crippen LogP contribution in [-0.4, -0.2) is 47.7 Å². The van der Waals surface area contributed by atoms with Crippen molar-refractivity contribution in [2.45, 2.75) is 45.3 Å². The Morgan fingerprint density at radius 3 is 2.40 bits per heavy atom. The average molecular weight is 214 g/mol. The Labute approximate surface area is 91.6 Å². The summed E-state index contributed by atoms with van der Waals surface area (Å²) in [6, 6.07) is -0.168. The molecule has 0 unspecified atom stereocenters. The Hall–Kier alpha value is -0.610. The van der Waals surface area contributed by atoms with Crippen LogP contribution >= 0.6 is 0 Å². The van der Waals surface area contributed by atoms with E-state index in [0.29, 0.717) is 13.0 Å². The van der Waals surface area contributed by atoms with E-state index in [2.05, 4.69) is 19.2 Å². The van der Waals surface area contributed by atoms with Crippen LogP contribution in [0.25, 0.3) is 0 Å². The molecule has 1 rings (SSSR count). The molecule has 0 aliphatic carbocycles. The van der Waals surface area contributed by atoms with Crippen LogP contribution in [0.15, 0.2) is 0 Å². The largest absolute Gasteiger partial charge is 0.392 e. The molecule has 15 heavy (non-hydrogen) atoms. The minimum absolute atomic E-state index is 0.148. The van der Waals surface area contributed by atoms with E-state index in [1.807, 2.05) is 4.90 Å². The van der Waals surface area contributed by atoms with Crippen molar-refractivity contribution in [3.05, 3.63) is 0 Å². The Morgan fingerprint density at radius 1 is 1.40 bits per heavy atom. The van der Waals surface area contributed by atoms with Gasteiger partial charge in [0.2, 0.25) is 5.91 Å². The molecule has 0 spiro atoms. The van der Waals surface area contributed by atoms with Crippen molar-refractivity contribution in [3.8, 4) is 0 Å². The molecule has 0 bridgehead atoms. The van der Waals surface area contributed by atoms with Crippen molar-refractivity contribution in [1.82, 2.24) is 10.2 Å². The number of hydrogen-bond donors (Lipinski definition) is 2. The molecule has 2 atom stereocenters. The van der Waals surface area contributed by atoms with E-state index in [4.69, 9.17) is 0 Å². The second kappa shape index (κ2) is 6.08. The minimum Gasteiger partial charge on any atom is -0.392 e. The third-order valence-electron chi connectivity index (χ3n) is 2.70.